The van der Waals surface area contributed by atoms with Gasteiger partial charge in [-0.05, 0) is 36.5 Å². The third-order valence-electron chi connectivity index (χ3n) is 3.00. The normalized spacial score (nSPS) is 11.8. The second-order valence-electron chi connectivity index (χ2n) is 5.12. The van der Waals surface area contributed by atoms with E-state index < -0.39 is 10.0 Å². The molecule has 0 fully saturated rings. The molecule has 0 heterocycles. The Morgan fingerprint density at radius 1 is 1.35 bits per heavy atom. The Morgan fingerprint density at radius 2 is 2.05 bits per heavy atom. The van der Waals surface area contributed by atoms with E-state index in [0.717, 1.165) is 18.4 Å². The second kappa shape index (κ2) is 7.61. The van der Waals surface area contributed by atoms with Crippen molar-refractivity contribution in [3.8, 4) is 5.75 Å². The highest BCUT2D eigenvalue weighted by Crippen LogP contribution is 2.24. The first-order valence-electron chi connectivity index (χ1n) is 6.77. The summed E-state index contributed by atoms with van der Waals surface area (Å²) in [5, 5.41) is 0. The molecule has 5 nitrogen and oxygen atoms in total. The highest BCUT2D eigenvalue weighted by molar-refractivity contribution is 7.89. The zero-order valence-electron chi connectivity index (χ0n) is 12.3. The van der Waals surface area contributed by atoms with Crippen LogP contribution in [-0.4, -0.2) is 22.1 Å². The Kier molecular flexibility index (Phi) is 6.45. The minimum absolute atomic E-state index is 0.146. The van der Waals surface area contributed by atoms with Crippen LogP contribution in [0.1, 0.15) is 32.3 Å². The van der Waals surface area contributed by atoms with Crippen molar-refractivity contribution in [3.63, 3.8) is 0 Å². The van der Waals surface area contributed by atoms with E-state index in [0.29, 0.717) is 24.8 Å². The molecule has 0 saturated heterocycles. The topological polar surface area (TPSA) is 81.4 Å². The van der Waals surface area contributed by atoms with Crippen molar-refractivity contribution < 1.29 is 13.2 Å². The summed E-state index contributed by atoms with van der Waals surface area (Å²) in [6.07, 6.45) is 1.80. The fourth-order valence-electron chi connectivity index (χ4n) is 1.85. The lowest BCUT2D eigenvalue weighted by Gasteiger charge is -2.12. The quantitative estimate of drug-likeness (QED) is 0.718. The van der Waals surface area contributed by atoms with E-state index in [2.05, 4.69) is 18.6 Å². The summed E-state index contributed by atoms with van der Waals surface area (Å²) in [4.78, 5) is 0.146. The summed E-state index contributed by atoms with van der Waals surface area (Å²) < 4.78 is 32.3. The molecular formula is C14H24N2O3S. The van der Waals surface area contributed by atoms with Gasteiger partial charge in [0.2, 0.25) is 10.0 Å². The molecule has 0 aliphatic rings. The number of methoxy groups -OCH3 is 1. The molecule has 1 aromatic rings. The van der Waals surface area contributed by atoms with Crippen LogP contribution in [0.15, 0.2) is 23.1 Å². The Bertz CT molecular complexity index is 527. The van der Waals surface area contributed by atoms with Gasteiger partial charge in [-0.1, -0.05) is 19.9 Å². The summed E-state index contributed by atoms with van der Waals surface area (Å²) in [6.45, 7) is 4.95. The zero-order valence-corrected chi connectivity index (χ0v) is 13.2. The molecule has 3 N–H and O–H groups in total. The average Bonchev–Trinajstić information content (AvgIpc) is 2.42. The van der Waals surface area contributed by atoms with Crippen LogP contribution in [0.25, 0.3) is 0 Å². The number of benzene rings is 1. The molecule has 0 bridgehead atoms. The second-order valence-corrected chi connectivity index (χ2v) is 6.86. The lowest BCUT2D eigenvalue weighted by molar-refractivity contribution is 0.402. The van der Waals surface area contributed by atoms with Crippen LogP contribution >= 0.6 is 0 Å². The number of nitrogens with two attached hydrogens (primary N) is 1. The summed E-state index contributed by atoms with van der Waals surface area (Å²) in [5.74, 6) is 0.896. The molecular weight excluding hydrogens is 276 g/mol. The van der Waals surface area contributed by atoms with Crippen molar-refractivity contribution in [1.29, 1.82) is 0 Å². The summed E-state index contributed by atoms with van der Waals surface area (Å²) in [5.41, 5.74) is 6.31. The third kappa shape index (κ3) is 4.77. The maximum absolute atomic E-state index is 12.3. The molecule has 6 heteroatoms. The van der Waals surface area contributed by atoms with Gasteiger partial charge in [0, 0.05) is 13.1 Å². The van der Waals surface area contributed by atoms with Crippen molar-refractivity contribution in [2.24, 2.45) is 11.7 Å². The number of hydrogen-bond acceptors (Lipinski definition) is 4. The molecule has 0 aromatic heterocycles. The molecule has 1 aromatic carbocycles. The lowest BCUT2D eigenvalue weighted by atomic mass is 10.1. The van der Waals surface area contributed by atoms with Crippen molar-refractivity contribution in [3.05, 3.63) is 23.8 Å². The molecule has 0 amide bonds. The van der Waals surface area contributed by atoms with Crippen LogP contribution in [-0.2, 0) is 16.6 Å². The van der Waals surface area contributed by atoms with Crippen LogP contribution in [0.5, 0.6) is 5.75 Å². The third-order valence-corrected chi connectivity index (χ3v) is 4.49. The van der Waals surface area contributed by atoms with E-state index in [1.54, 1.807) is 18.2 Å². The molecule has 0 spiro atoms. The predicted octanol–water partition coefficient (Wildman–Crippen LogP) is 1.87. The number of ether oxygens (including phenoxy) is 1. The standard InChI is InChI=1S/C14H24N2O3S/c1-11(2)5-4-8-16-20(17,18)14-9-12(10-15)6-7-13(14)19-3/h6-7,9,11,16H,4-5,8,10,15H2,1-3H3. The number of sulfonamides is 1. The summed E-state index contributed by atoms with van der Waals surface area (Å²) in [6, 6.07) is 4.95. The van der Waals surface area contributed by atoms with Crippen LogP contribution in [0.2, 0.25) is 0 Å². The Morgan fingerprint density at radius 3 is 2.60 bits per heavy atom. The maximum atomic E-state index is 12.3. The molecule has 1 rings (SSSR count). The van der Waals surface area contributed by atoms with E-state index in [-0.39, 0.29) is 4.90 Å². The average molecular weight is 300 g/mol. The van der Waals surface area contributed by atoms with Gasteiger partial charge in [0.05, 0.1) is 7.11 Å². The van der Waals surface area contributed by atoms with Gasteiger partial charge in [-0.15, -0.1) is 0 Å². The largest absolute Gasteiger partial charge is 0.495 e. The van der Waals surface area contributed by atoms with Crippen LogP contribution in [0.4, 0.5) is 0 Å². The molecule has 114 valence electrons. The zero-order chi connectivity index (χ0) is 15.2. The smallest absolute Gasteiger partial charge is 0.244 e. The van der Waals surface area contributed by atoms with E-state index >= 15 is 0 Å². The van der Waals surface area contributed by atoms with Gasteiger partial charge in [0.25, 0.3) is 0 Å². The number of hydrogen-bond donors (Lipinski definition) is 2. The summed E-state index contributed by atoms with van der Waals surface area (Å²) in [7, 11) is -2.11. The Hall–Kier alpha value is -1.11. The van der Waals surface area contributed by atoms with Gasteiger partial charge in [-0.3, -0.25) is 0 Å². The van der Waals surface area contributed by atoms with Gasteiger partial charge in [0.1, 0.15) is 10.6 Å². The molecule has 0 atom stereocenters. The van der Waals surface area contributed by atoms with Crippen molar-refractivity contribution in [2.75, 3.05) is 13.7 Å². The van der Waals surface area contributed by atoms with Crippen molar-refractivity contribution >= 4 is 10.0 Å². The van der Waals surface area contributed by atoms with Gasteiger partial charge in [0.15, 0.2) is 0 Å². The predicted molar refractivity (Wildman–Crippen MR) is 80.1 cm³/mol. The van der Waals surface area contributed by atoms with Crippen molar-refractivity contribution in [1.82, 2.24) is 4.72 Å². The van der Waals surface area contributed by atoms with Gasteiger partial charge in [-0.2, -0.15) is 0 Å². The number of nitrogens with one attached hydrogen (secondary N) is 1. The van der Waals surface area contributed by atoms with Gasteiger partial charge in [-0.25, -0.2) is 13.1 Å². The Labute approximate surface area is 121 Å². The fourth-order valence-corrected chi connectivity index (χ4v) is 3.14. The maximum Gasteiger partial charge on any atom is 0.244 e. The monoisotopic (exact) mass is 300 g/mol. The fraction of sp³-hybridized carbons (Fsp3) is 0.571. The van der Waals surface area contributed by atoms with Crippen LogP contribution in [0, 0.1) is 5.92 Å². The molecule has 0 aliphatic heterocycles. The summed E-state index contributed by atoms with van der Waals surface area (Å²) >= 11 is 0. The Balaban J connectivity index is 2.85. The molecule has 0 aliphatic carbocycles. The first-order chi connectivity index (χ1) is 9.40. The SMILES string of the molecule is COc1ccc(CN)cc1S(=O)(=O)NCCCC(C)C. The molecule has 0 radical (unpaired) electrons. The van der Waals surface area contributed by atoms with E-state index in [4.69, 9.17) is 10.5 Å². The first-order valence-corrected chi connectivity index (χ1v) is 8.25. The highest BCUT2D eigenvalue weighted by Gasteiger charge is 2.19. The lowest BCUT2D eigenvalue weighted by Crippen LogP contribution is -2.25. The van der Waals surface area contributed by atoms with Crippen LogP contribution in [0.3, 0.4) is 0 Å². The highest BCUT2D eigenvalue weighted by atomic mass is 32.2. The number of rotatable bonds is 8. The van der Waals surface area contributed by atoms with Crippen LogP contribution < -0.4 is 15.2 Å². The molecule has 20 heavy (non-hydrogen) atoms. The molecule has 0 unspecified atom stereocenters. The molecule has 0 saturated carbocycles. The van der Waals surface area contributed by atoms with Gasteiger partial charge < -0.3 is 10.5 Å². The minimum Gasteiger partial charge on any atom is -0.495 e. The van der Waals surface area contributed by atoms with Gasteiger partial charge >= 0.3 is 0 Å². The van der Waals surface area contributed by atoms with Crippen molar-refractivity contribution in [2.45, 2.75) is 38.1 Å². The first kappa shape index (κ1) is 16.9. The van der Waals surface area contributed by atoms with E-state index in [9.17, 15) is 8.42 Å². The minimum atomic E-state index is -3.56. The van der Waals surface area contributed by atoms with E-state index in [1.807, 2.05) is 0 Å². The van der Waals surface area contributed by atoms with E-state index in [1.165, 1.54) is 7.11 Å².